The molecule has 25 heavy (non-hydrogen) atoms. The summed E-state index contributed by atoms with van der Waals surface area (Å²) >= 11 is 1.79. The first-order chi connectivity index (χ1) is 12.3. The Morgan fingerprint density at radius 2 is 1.44 bits per heavy atom. The molecule has 0 aliphatic rings. The van der Waals surface area contributed by atoms with E-state index in [1.165, 1.54) is 27.1 Å². The van der Waals surface area contributed by atoms with Crippen molar-refractivity contribution < 1.29 is 0 Å². The molecule has 0 amide bonds. The Hall–Kier alpha value is -2.84. The molecule has 0 saturated carbocycles. The molecule has 0 aliphatic heterocycles. The van der Waals surface area contributed by atoms with Crippen LogP contribution < -0.4 is 5.32 Å². The van der Waals surface area contributed by atoms with Gasteiger partial charge < -0.3 is 5.32 Å². The lowest BCUT2D eigenvalue weighted by molar-refractivity contribution is 1.52. The van der Waals surface area contributed by atoms with E-state index in [4.69, 9.17) is 0 Å². The monoisotopic (exact) mass is 341 g/mol. The molecule has 0 bridgehead atoms. The maximum Gasteiger partial charge on any atom is 0.0463 e. The molecule has 0 spiro atoms. The highest BCUT2D eigenvalue weighted by atomic mass is 32.1. The average Bonchev–Trinajstić information content (AvgIpc) is 3.09. The van der Waals surface area contributed by atoms with Crippen molar-refractivity contribution >= 4 is 22.7 Å². The van der Waals surface area contributed by atoms with Crippen molar-refractivity contribution in [3.05, 3.63) is 95.2 Å². The zero-order valence-electron chi connectivity index (χ0n) is 14.1. The zero-order chi connectivity index (χ0) is 17.1. The molecular weight excluding hydrogens is 322 g/mol. The predicted octanol–water partition coefficient (Wildman–Crippen LogP) is 7.13. The zero-order valence-corrected chi connectivity index (χ0v) is 14.9. The van der Waals surface area contributed by atoms with E-state index in [0.717, 1.165) is 11.4 Å². The molecule has 1 heterocycles. The minimum Gasteiger partial charge on any atom is -0.355 e. The van der Waals surface area contributed by atoms with Gasteiger partial charge in [0.2, 0.25) is 0 Å². The van der Waals surface area contributed by atoms with Crippen LogP contribution in [0.2, 0.25) is 0 Å². The van der Waals surface area contributed by atoms with E-state index in [1.54, 1.807) is 11.3 Å². The van der Waals surface area contributed by atoms with Crippen LogP contribution in [-0.4, -0.2) is 0 Å². The minimum atomic E-state index is 1.10. The fourth-order valence-corrected chi connectivity index (χ4v) is 3.79. The highest BCUT2D eigenvalue weighted by Crippen LogP contribution is 2.33. The van der Waals surface area contributed by atoms with Crippen LogP contribution >= 0.6 is 11.3 Å². The third-order valence-electron chi connectivity index (χ3n) is 4.32. The molecule has 1 N–H and O–H groups in total. The summed E-state index contributed by atoms with van der Waals surface area (Å²) in [5, 5.41) is 5.74. The average molecular weight is 341 g/mol. The van der Waals surface area contributed by atoms with Crippen LogP contribution in [0.5, 0.6) is 0 Å². The normalized spacial score (nSPS) is 10.6. The van der Waals surface area contributed by atoms with Crippen LogP contribution in [0.3, 0.4) is 0 Å². The van der Waals surface area contributed by atoms with Gasteiger partial charge in [-0.25, -0.2) is 0 Å². The van der Waals surface area contributed by atoms with Crippen LogP contribution in [-0.2, 0) is 0 Å². The molecule has 0 radical (unpaired) electrons. The van der Waals surface area contributed by atoms with Crippen molar-refractivity contribution in [2.45, 2.75) is 6.92 Å². The molecule has 1 nitrogen and oxygen atoms in total. The number of nitrogens with one attached hydrogen (secondary N) is 1. The lowest BCUT2D eigenvalue weighted by atomic mass is 10.0. The fraction of sp³-hybridized carbons (Fsp3) is 0.0435. The SMILES string of the molecule is Cc1sccc1-c1cccc(Nc2ccccc2-c2ccccc2)c1. The number of hydrogen-bond acceptors (Lipinski definition) is 2. The van der Waals surface area contributed by atoms with Crippen molar-refractivity contribution in [1.82, 2.24) is 0 Å². The van der Waals surface area contributed by atoms with Gasteiger partial charge in [0, 0.05) is 21.8 Å². The topological polar surface area (TPSA) is 12.0 Å². The molecule has 2 heteroatoms. The molecule has 122 valence electrons. The first-order valence-corrected chi connectivity index (χ1v) is 9.25. The van der Waals surface area contributed by atoms with Gasteiger partial charge in [-0.15, -0.1) is 11.3 Å². The van der Waals surface area contributed by atoms with Gasteiger partial charge in [-0.1, -0.05) is 60.7 Å². The van der Waals surface area contributed by atoms with Gasteiger partial charge in [0.15, 0.2) is 0 Å². The van der Waals surface area contributed by atoms with Gasteiger partial charge in [0.1, 0.15) is 0 Å². The number of hydrogen-bond donors (Lipinski definition) is 1. The Morgan fingerprint density at radius 1 is 0.680 bits per heavy atom. The Balaban J connectivity index is 1.69. The Morgan fingerprint density at radius 3 is 2.24 bits per heavy atom. The van der Waals surface area contributed by atoms with Crippen LogP contribution in [0, 0.1) is 6.92 Å². The highest BCUT2D eigenvalue weighted by Gasteiger charge is 2.07. The molecule has 1 aromatic heterocycles. The van der Waals surface area contributed by atoms with E-state index in [0.29, 0.717) is 0 Å². The van der Waals surface area contributed by atoms with E-state index < -0.39 is 0 Å². The molecule has 4 rings (SSSR count). The summed E-state index contributed by atoms with van der Waals surface area (Å²) in [6, 6.07) is 29.7. The number of para-hydroxylation sites is 1. The minimum absolute atomic E-state index is 1.10. The van der Waals surface area contributed by atoms with Crippen molar-refractivity contribution in [2.75, 3.05) is 5.32 Å². The molecule has 0 saturated heterocycles. The Bertz CT molecular complexity index is 986. The Kier molecular flexibility index (Phi) is 4.36. The van der Waals surface area contributed by atoms with Crippen LogP contribution in [0.1, 0.15) is 4.88 Å². The summed E-state index contributed by atoms with van der Waals surface area (Å²) < 4.78 is 0. The molecular formula is C23H19NS. The molecule has 0 aliphatic carbocycles. The second kappa shape index (κ2) is 6.96. The van der Waals surface area contributed by atoms with Crippen LogP contribution in [0.15, 0.2) is 90.3 Å². The lowest BCUT2D eigenvalue weighted by Gasteiger charge is -2.13. The lowest BCUT2D eigenvalue weighted by Crippen LogP contribution is -1.93. The van der Waals surface area contributed by atoms with Gasteiger partial charge >= 0.3 is 0 Å². The van der Waals surface area contributed by atoms with Crippen molar-refractivity contribution in [1.29, 1.82) is 0 Å². The smallest absolute Gasteiger partial charge is 0.0463 e. The van der Waals surface area contributed by atoms with Gasteiger partial charge in [0.25, 0.3) is 0 Å². The predicted molar refractivity (Wildman–Crippen MR) is 110 cm³/mol. The van der Waals surface area contributed by atoms with Gasteiger partial charge in [0.05, 0.1) is 0 Å². The van der Waals surface area contributed by atoms with E-state index in [2.05, 4.69) is 96.5 Å². The first-order valence-electron chi connectivity index (χ1n) is 8.37. The largest absolute Gasteiger partial charge is 0.355 e. The maximum absolute atomic E-state index is 3.60. The fourth-order valence-electron chi connectivity index (χ4n) is 3.07. The van der Waals surface area contributed by atoms with Crippen molar-refractivity contribution in [3.8, 4) is 22.3 Å². The molecule has 4 aromatic rings. The number of benzene rings is 3. The summed E-state index contributed by atoms with van der Waals surface area (Å²) in [4.78, 5) is 1.35. The molecule has 0 unspecified atom stereocenters. The van der Waals surface area contributed by atoms with E-state index in [-0.39, 0.29) is 0 Å². The summed E-state index contributed by atoms with van der Waals surface area (Å²) in [6.07, 6.45) is 0. The van der Waals surface area contributed by atoms with Gasteiger partial charge in [-0.05, 0) is 53.3 Å². The molecule has 0 atom stereocenters. The summed E-state index contributed by atoms with van der Waals surface area (Å²) in [7, 11) is 0. The van der Waals surface area contributed by atoms with Gasteiger partial charge in [-0.3, -0.25) is 0 Å². The second-order valence-electron chi connectivity index (χ2n) is 6.01. The van der Waals surface area contributed by atoms with Crippen molar-refractivity contribution in [2.24, 2.45) is 0 Å². The summed E-state index contributed by atoms with van der Waals surface area (Å²) in [6.45, 7) is 2.17. The summed E-state index contributed by atoms with van der Waals surface area (Å²) in [5.74, 6) is 0. The van der Waals surface area contributed by atoms with E-state index >= 15 is 0 Å². The third kappa shape index (κ3) is 3.35. The number of rotatable bonds is 4. The van der Waals surface area contributed by atoms with Crippen LogP contribution in [0.4, 0.5) is 11.4 Å². The number of aryl methyl sites for hydroxylation is 1. The maximum atomic E-state index is 3.60. The second-order valence-corrected chi connectivity index (χ2v) is 7.13. The standard InChI is InChI=1S/C23H19NS/c1-17-21(14-15-25-17)19-10-7-11-20(16-19)24-23-13-6-5-12-22(23)18-8-3-2-4-9-18/h2-16,24H,1H3. The van der Waals surface area contributed by atoms with Crippen molar-refractivity contribution in [3.63, 3.8) is 0 Å². The van der Waals surface area contributed by atoms with Crippen LogP contribution in [0.25, 0.3) is 22.3 Å². The number of thiophene rings is 1. The quantitative estimate of drug-likeness (QED) is 0.416. The van der Waals surface area contributed by atoms with E-state index in [1.807, 2.05) is 6.07 Å². The third-order valence-corrected chi connectivity index (χ3v) is 5.17. The van der Waals surface area contributed by atoms with E-state index in [9.17, 15) is 0 Å². The Labute approximate surface area is 152 Å². The molecule has 3 aromatic carbocycles. The number of anilines is 2. The highest BCUT2D eigenvalue weighted by molar-refractivity contribution is 7.10. The molecule has 0 fully saturated rings. The van der Waals surface area contributed by atoms with Gasteiger partial charge in [-0.2, -0.15) is 0 Å². The summed E-state index contributed by atoms with van der Waals surface area (Å²) in [5.41, 5.74) is 7.21. The first kappa shape index (κ1) is 15.7.